The summed E-state index contributed by atoms with van der Waals surface area (Å²) in [6, 6.07) is 1.80. The fourth-order valence-corrected chi connectivity index (χ4v) is 2.94. The van der Waals surface area contributed by atoms with Gasteiger partial charge in [-0.05, 0) is 32.6 Å². The summed E-state index contributed by atoms with van der Waals surface area (Å²) in [7, 11) is 0. The van der Waals surface area contributed by atoms with Gasteiger partial charge in [-0.15, -0.1) is 0 Å². The maximum atomic E-state index is 11.7. The normalized spacial score (nSPS) is 27.0. The molecule has 1 aromatic heterocycles. The van der Waals surface area contributed by atoms with Gasteiger partial charge < -0.3 is 10.4 Å². The van der Waals surface area contributed by atoms with E-state index in [0.717, 1.165) is 18.5 Å². The molecular formula is C14H21N3O2. The summed E-state index contributed by atoms with van der Waals surface area (Å²) in [5.41, 5.74) is -0.0374. The SMILES string of the molecule is Cc1cc(NC2(C(=O)O)CCCC(C)C2)nc(C)n1. The van der Waals surface area contributed by atoms with Crippen molar-refractivity contribution in [1.29, 1.82) is 0 Å². The predicted molar refractivity (Wildman–Crippen MR) is 73.1 cm³/mol. The van der Waals surface area contributed by atoms with Crippen LogP contribution in [-0.2, 0) is 4.79 Å². The quantitative estimate of drug-likeness (QED) is 0.876. The lowest BCUT2D eigenvalue weighted by Crippen LogP contribution is -2.49. The van der Waals surface area contributed by atoms with Crippen LogP contribution in [0.25, 0.3) is 0 Å². The van der Waals surface area contributed by atoms with Gasteiger partial charge in [0.15, 0.2) is 0 Å². The van der Waals surface area contributed by atoms with Gasteiger partial charge in [0.05, 0.1) is 0 Å². The fourth-order valence-electron chi connectivity index (χ4n) is 2.94. The third-order valence-electron chi connectivity index (χ3n) is 3.74. The Morgan fingerprint density at radius 1 is 1.47 bits per heavy atom. The van der Waals surface area contributed by atoms with Crippen molar-refractivity contribution in [1.82, 2.24) is 9.97 Å². The molecule has 5 heteroatoms. The summed E-state index contributed by atoms with van der Waals surface area (Å²) in [5.74, 6) is 0.905. The predicted octanol–water partition coefficient (Wildman–Crippen LogP) is 2.54. The molecule has 0 aliphatic heterocycles. The molecule has 2 atom stereocenters. The van der Waals surface area contributed by atoms with Crippen LogP contribution in [0.3, 0.4) is 0 Å². The van der Waals surface area contributed by atoms with Crippen LogP contribution in [0.2, 0.25) is 0 Å². The van der Waals surface area contributed by atoms with E-state index in [-0.39, 0.29) is 0 Å². The van der Waals surface area contributed by atoms with Crippen molar-refractivity contribution in [2.75, 3.05) is 5.32 Å². The number of nitrogens with one attached hydrogen (secondary N) is 1. The van der Waals surface area contributed by atoms with E-state index < -0.39 is 11.5 Å². The highest BCUT2D eigenvalue weighted by molar-refractivity contribution is 5.82. The van der Waals surface area contributed by atoms with E-state index in [4.69, 9.17) is 0 Å². The zero-order valence-electron chi connectivity index (χ0n) is 11.7. The third-order valence-corrected chi connectivity index (χ3v) is 3.74. The summed E-state index contributed by atoms with van der Waals surface area (Å²) < 4.78 is 0. The summed E-state index contributed by atoms with van der Waals surface area (Å²) in [6.07, 6.45) is 3.32. The van der Waals surface area contributed by atoms with Crippen molar-refractivity contribution < 1.29 is 9.90 Å². The van der Waals surface area contributed by atoms with Gasteiger partial charge in [-0.1, -0.05) is 19.8 Å². The molecule has 1 fully saturated rings. The van der Waals surface area contributed by atoms with Gasteiger partial charge in [0, 0.05) is 11.8 Å². The standard InChI is InChI=1S/C14H21N3O2/c1-9-5-4-6-14(8-9,13(18)19)17-12-7-10(2)15-11(3)16-12/h7,9H,4-6,8H2,1-3H3,(H,18,19)(H,15,16,17). The first-order chi connectivity index (χ1) is 8.91. The van der Waals surface area contributed by atoms with Crippen molar-refractivity contribution in [2.24, 2.45) is 5.92 Å². The van der Waals surface area contributed by atoms with E-state index in [9.17, 15) is 9.90 Å². The number of carboxylic acids is 1. The van der Waals surface area contributed by atoms with Crippen molar-refractivity contribution in [3.05, 3.63) is 17.6 Å². The molecule has 0 aromatic carbocycles. The number of rotatable bonds is 3. The Morgan fingerprint density at radius 2 is 2.21 bits per heavy atom. The van der Waals surface area contributed by atoms with Gasteiger partial charge in [0.2, 0.25) is 0 Å². The minimum absolute atomic E-state index is 0.418. The number of aromatic nitrogens is 2. The van der Waals surface area contributed by atoms with Crippen molar-refractivity contribution in [3.63, 3.8) is 0 Å². The Hall–Kier alpha value is -1.65. The Balaban J connectivity index is 2.28. The molecule has 1 aromatic rings. The van der Waals surface area contributed by atoms with Crippen LogP contribution in [0.15, 0.2) is 6.07 Å². The summed E-state index contributed by atoms with van der Waals surface area (Å²) in [4.78, 5) is 20.2. The van der Waals surface area contributed by atoms with Gasteiger partial charge in [0.25, 0.3) is 0 Å². The first-order valence-corrected chi connectivity index (χ1v) is 6.75. The second-order valence-electron chi connectivity index (χ2n) is 5.66. The lowest BCUT2D eigenvalue weighted by atomic mass is 9.76. The summed E-state index contributed by atoms with van der Waals surface area (Å²) in [5, 5.41) is 12.8. The number of carbonyl (C=O) groups is 1. The lowest BCUT2D eigenvalue weighted by molar-refractivity contribution is -0.144. The van der Waals surface area contributed by atoms with E-state index >= 15 is 0 Å². The van der Waals surface area contributed by atoms with Gasteiger partial charge >= 0.3 is 5.97 Å². The van der Waals surface area contributed by atoms with Gasteiger partial charge in [-0.25, -0.2) is 14.8 Å². The largest absolute Gasteiger partial charge is 0.480 e. The van der Waals surface area contributed by atoms with Crippen molar-refractivity contribution in [2.45, 2.75) is 52.0 Å². The lowest BCUT2D eigenvalue weighted by Gasteiger charge is -2.37. The van der Waals surface area contributed by atoms with E-state index in [1.807, 2.05) is 13.8 Å². The average Bonchev–Trinajstić information content (AvgIpc) is 2.26. The molecule has 5 nitrogen and oxygen atoms in total. The maximum Gasteiger partial charge on any atom is 0.329 e. The van der Waals surface area contributed by atoms with Crippen LogP contribution in [-0.4, -0.2) is 26.6 Å². The second-order valence-corrected chi connectivity index (χ2v) is 5.66. The molecule has 1 aliphatic rings. The smallest absolute Gasteiger partial charge is 0.329 e. The number of carboxylic acid groups (broad SMARTS) is 1. The fraction of sp³-hybridized carbons (Fsp3) is 0.643. The van der Waals surface area contributed by atoms with Gasteiger partial charge in [0.1, 0.15) is 17.2 Å². The number of hydrogen-bond acceptors (Lipinski definition) is 4. The van der Waals surface area contributed by atoms with Crippen molar-refractivity contribution in [3.8, 4) is 0 Å². The first kappa shape index (κ1) is 13.8. The minimum Gasteiger partial charge on any atom is -0.480 e. The number of aliphatic carboxylic acids is 1. The van der Waals surface area contributed by atoms with Gasteiger partial charge in [-0.2, -0.15) is 0 Å². The topological polar surface area (TPSA) is 75.1 Å². The highest BCUT2D eigenvalue weighted by atomic mass is 16.4. The zero-order chi connectivity index (χ0) is 14.0. The molecule has 1 saturated carbocycles. The molecule has 0 radical (unpaired) electrons. The van der Waals surface area contributed by atoms with Crippen LogP contribution < -0.4 is 5.32 Å². The van der Waals surface area contributed by atoms with Crippen LogP contribution in [0.5, 0.6) is 0 Å². The third kappa shape index (κ3) is 3.03. The average molecular weight is 263 g/mol. The number of nitrogens with zero attached hydrogens (tertiary/aromatic N) is 2. The second kappa shape index (κ2) is 5.15. The molecule has 1 aliphatic carbocycles. The van der Waals surface area contributed by atoms with Crippen LogP contribution in [0.4, 0.5) is 5.82 Å². The van der Waals surface area contributed by atoms with E-state index in [2.05, 4.69) is 22.2 Å². The Morgan fingerprint density at radius 3 is 2.79 bits per heavy atom. The van der Waals surface area contributed by atoms with E-state index in [0.29, 0.717) is 30.4 Å². The van der Waals surface area contributed by atoms with Crippen LogP contribution >= 0.6 is 0 Å². The zero-order valence-corrected chi connectivity index (χ0v) is 11.7. The highest BCUT2D eigenvalue weighted by Crippen LogP contribution is 2.35. The number of anilines is 1. The molecule has 0 bridgehead atoms. The molecule has 0 saturated heterocycles. The molecule has 2 unspecified atom stereocenters. The van der Waals surface area contributed by atoms with Crippen LogP contribution in [0, 0.1) is 19.8 Å². The Kier molecular flexibility index (Phi) is 3.73. The molecule has 2 rings (SSSR count). The molecule has 19 heavy (non-hydrogen) atoms. The van der Waals surface area contributed by atoms with Gasteiger partial charge in [-0.3, -0.25) is 0 Å². The Bertz CT molecular complexity index is 469. The molecule has 0 amide bonds. The molecule has 0 spiro atoms. The molecule has 104 valence electrons. The van der Waals surface area contributed by atoms with Crippen molar-refractivity contribution >= 4 is 11.8 Å². The van der Waals surface area contributed by atoms with Crippen LogP contribution in [0.1, 0.15) is 44.1 Å². The summed E-state index contributed by atoms with van der Waals surface area (Å²) in [6.45, 7) is 5.81. The first-order valence-electron chi connectivity index (χ1n) is 6.75. The molecular weight excluding hydrogens is 242 g/mol. The summed E-state index contributed by atoms with van der Waals surface area (Å²) >= 11 is 0. The number of aryl methyl sites for hydroxylation is 2. The minimum atomic E-state index is -0.884. The van der Waals surface area contributed by atoms with E-state index in [1.165, 1.54) is 0 Å². The monoisotopic (exact) mass is 263 g/mol. The maximum absolute atomic E-state index is 11.7. The number of hydrogen-bond donors (Lipinski definition) is 2. The molecule has 2 N–H and O–H groups in total. The van der Waals surface area contributed by atoms with E-state index in [1.54, 1.807) is 6.07 Å². The highest BCUT2D eigenvalue weighted by Gasteiger charge is 2.42. The Labute approximate surface area is 113 Å². The molecule has 1 heterocycles.